The van der Waals surface area contributed by atoms with Crippen molar-refractivity contribution in [1.82, 2.24) is 4.90 Å². The van der Waals surface area contributed by atoms with E-state index in [9.17, 15) is 9.90 Å². The van der Waals surface area contributed by atoms with Gasteiger partial charge in [0.15, 0.2) is 0 Å². The normalized spacial score (nSPS) is 27.1. The van der Waals surface area contributed by atoms with E-state index in [0.29, 0.717) is 0 Å². The fraction of sp³-hybridized carbons (Fsp3) is 0.900. The van der Waals surface area contributed by atoms with E-state index >= 15 is 0 Å². The molecule has 1 fully saturated rings. The lowest BCUT2D eigenvalue weighted by Gasteiger charge is -2.38. The van der Waals surface area contributed by atoms with Crippen LogP contribution < -0.4 is 0 Å². The highest BCUT2D eigenvalue weighted by atomic mass is 35.5. The molecule has 1 heterocycles. The van der Waals surface area contributed by atoms with Gasteiger partial charge in [-0.05, 0) is 33.1 Å². The third-order valence-electron chi connectivity index (χ3n) is 2.73. The Hall–Kier alpha value is -0.280. The van der Waals surface area contributed by atoms with E-state index in [1.807, 2.05) is 0 Å². The number of nitrogens with zero attached hydrogens (tertiary/aromatic N) is 1. The molecule has 1 saturated heterocycles. The standard InChI is InChI=1S/C10H18ClNO2/c1-7(11)10(14)12-6-4-3-5-9(12)8(2)13/h7-9,13H,3-6H2,1-2H3/t7-,8-,9+/m0/s1. The van der Waals surface area contributed by atoms with Gasteiger partial charge in [-0.25, -0.2) is 0 Å². The summed E-state index contributed by atoms with van der Waals surface area (Å²) in [5.74, 6) is -0.0581. The zero-order chi connectivity index (χ0) is 10.7. The lowest BCUT2D eigenvalue weighted by Crippen LogP contribution is -2.50. The Bertz CT molecular complexity index is 206. The molecule has 0 radical (unpaired) electrons. The molecule has 3 atom stereocenters. The Morgan fingerprint density at radius 1 is 1.50 bits per heavy atom. The Morgan fingerprint density at radius 2 is 2.14 bits per heavy atom. The van der Waals surface area contributed by atoms with Crippen LogP contribution in [0.2, 0.25) is 0 Å². The first-order chi connectivity index (χ1) is 6.54. The quantitative estimate of drug-likeness (QED) is 0.713. The molecule has 0 aromatic carbocycles. The van der Waals surface area contributed by atoms with Gasteiger partial charge in [0.05, 0.1) is 12.1 Å². The second-order valence-corrected chi connectivity index (χ2v) is 4.61. The highest BCUT2D eigenvalue weighted by Crippen LogP contribution is 2.21. The Kier molecular flexibility index (Phi) is 4.20. The fourth-order valence-corrected chi connectivity index (χ4v) is 2.09. The van der Waals surface area contributed by atoms with Gasteiger partial charge in [0.25, 0.3) is 0 Å². The van der Waals surface area contributed by atoms with E-state index in [4.69, 9.17) is 11.6 Å². The van der Waals surface area contributed by atoms with Gasteiger partial charge in [0.1, 0.15) is 5.38 Å². The average Bonchev–Trinajstić information content (AvgIpc) is 2.16. The zero-order valence-corrected chi connectivity index (χ0v) is 9.50. The van der Waals surface area contributed by atoms with Crippen LogP contribution in [0.1, 0.15) is 33.1 Å². The van der Waals surface area contributed by atoms with Gasteiger partial charge < -0.3 is 10.0 Å². The minimum absolute atomic E-state index is 0.0440. The van der Waals surface area contributed by atoms with Gasteiger partial charge in [-0.2, -0.15) is 0 Å². The second kappa shape index (κ2) is 4.99. The van der Waals surface area contributed by atoms with Gasteiger partial charge in [0, 0.05) is 6.54 Å². The average molecular weight is 220 g/mol. The number of likely N-dealkylation sites (tertiary alicyclic amines) is 1. The lowest BCUT2D eigenvalue weighted by atomic mass is 9.98. The molecule has 1 N–H and O–H groups in total. The van der Waals surface area contributed by atoms with Crippen molar-refractivity contribution in [3.8, 4) is 0 Å². The number of alkyl halides is 1. The molecule has 0 aromatic rings. The van der Waals surface area contributed by atoms with Crippen molar-refractivity contribution in [2.75, 3.05) is 6.54 Å². The molecule has 82 valence electrons. The van der Waals surface area contributed by atoms with E-state index in [2.05, 4.69) is 0 Å². The smallest absolute Gasteiger partial charge is 0.240 e. The number of hydrogen-bond donors (Lipinski definition) is 1. The summed E-state index contributed by atoms with van der Waals surface area (Å²) >= 11 is 5.76. The molecule has 0 spiro atoms. The van der Waals surface area contributed by atoms with Crippen LogP contribution in [-0.4, -0.2) is 40.0 Å². The highest BCUT2D eigenvalue weighted by molar-refractivity contribution is 6.30. The number of aliphatic hydroxyl groups is 1. The van der Waals surface area contributed by atoms with Crippen molar-refractivity contribution >= 4 is 17.5 Å². The maximum Gasteiger partial charge on any atom is 0.240 e. The van der Waals surface area contributed by atoms with Crippen LogP contribution in [0.15, 0.2) is 0 Å². The number of carbonyl (C=O) groups excluding carboxylic acids is 1. The summed E-state index contributed by atoms with van der Waals surface area (Å²) in [7, 11) is 0. The largest absolute Gasteiger partial charge is 0.391 e. The topological polar surface area (TPSA) is 40.5 Å². The molecular formula is C10H18ClNO2. The SMILES string of the molecule is C[C@H](Cl)C(=O)N1CCCC[C@@H]1[C@H](C)O. The summed E-state index contributed by atoms with van der Waals surface area (Å²) in [6, 6.07) is -0.0440. The summed E-state index contributed by atoms with van der Waals surface area (Å²) in [6.45, 7) is 4.14. The van der Waals surface area contributed by atoms with Crippen LogP contribution in [0.25, 0.3) is 0 Å². The van der Waals surface area contributed by atoms with E-state index in [1.165, 1.54) is 0 Å². The van der Waals surface area contributed by atoms with Gasteiger partial charge in [-0.3, -0.25) is 4.79 Å². The molecule has 3 nitrogen and oxygen atoms in total. The maximum atomic E-state index is 11.7. The van der Waals surface area contributed by atoms with Crippen LogP contribution in [0.5, 0.6) is 0 Å². The molecule has 4 heteroatoms. The van der Waals surface area contributed by atoms with E-state index < -0.39 is 11.5 Å². The molecule has 1 aliphatic rings. The lowest BCUT2D eigenvalue weighted by molar-refractivity contribution is -0.136. The number of aliphatic hydroxyl groups excluding tert-OH is 1. The Balaban J connectivity index is 2.67. The molecule has 1 amide bonds. The van der Waals surface area contributed by atoms with Crippen LogP contribution in [-0.2, 0) is 4.79 Å². The van der Waals surface area contributed by atoms with Gasteiger partial charge >= 0.3 is 0 Å². The number of hydrogen-bond acceptors (Lipinski definition) is 2. The van der Waals surface area contributed by atoms with Crippen LogP contribution in [0.3, 0.4) is 0 Å². The van der Waals surface area contributed by atoms with E-state index in [1.54, 1.807) is 18.7 Å². The summed E-state index contributed by atoms with van der Waals surface area (Å²) in [5.41, 5.74) is 0. The predicted octanol–water partition coefficient (Wildman–Crippen LogP) is 1.38. The van der Waals surface area contributed by atoms with Gasteiger partial charge in [0.2, 0.25) is 5.91 Å². The third-order valence-corrected chi connectivity index (χ3v) is 2.92. The Labute approximate surface area is 90.0 Å². The van der Waals surface area contributed by atoms with E-state index in [-0.39, 0.29) is 11.9 Å². The fourth-order valence-electron chi connectivity index (χ4n) is 1.96. The summed E-state index contributed by atoms with van der Waals surface area (Å²) in [4.78, 5) is 13.4. The molecule has 0 bridgehead atoms. The summed E-state index contributed by atoms with van der Waals surface area (Å²) in [6.07, 6.45) is 2.51. The van der Waals surface area contributed by atoms with E-state index in [0.717, 1.165) is 25.8 Å². The summed E-state index contributed by atoms with van der Waals surface area (Å²) < 4.78 is 0. The van der Waals surface area contributed by atoms with Crippen molar-refractivity contribution in [2.24, 2.45) is 0 Å². The minimum atomic E-state index is -0.491. The minimum Gasteiger partial charge on any atom is -0.391 e. The molecule has 1 rings (SSSR count). The van der Waals surface area contributed by atoms with Crippen LogP contribution >= 0.6 is 11.6 Å². The predicted molar refractivity (Wildman–Crippen MR) is 56.3 cm³/mol. The number of piperidine rings is 1. The maximum absolute atomic E-state index is 11.7. The first kappa shape index (κ1) is 11.8. The highest BCUT2D eigenvalue weighted by Gasteiger charge is 2.31. The molecule has 0 saturated carbocycles. The molecular weight excluding hydrogens is 202 g/mol. The van der Waals surface area contributed by atoms with Crippen molar-refractivity contribution < 1.29 is 9.90 Å². The van der Waals surface area contributed by atoms with Crippen molar-refractivity contribution in [3.63, 3.8) is 0 Å². The van der Waals surface area contributed by atoms with Gasteiger partial charge in [-0.15, -0.1) is 11.6 Å². The molecule has 0 aliphatic carbocycles. The number of rotatable bonds is 2. The molecule has 0 aromatic heterocycles. The molecule has 0 unspecified atom stereocenters. The number of carbonyl (C=O) groups is 1. The summed E-state index contributed by atoms with van der Waals surface area (Å²) in [5, 5.41) is 9.05. The van der Waals surface area contributed by atoms with Crippen LogP contribution in [0, 0.1) is 0 Å². The molecule has 1 aliphatic heterocycles. The van der Waals surface area contributed by atoms with Crippen molar-refractivity contribution in [2.45, 2.75) is 50.6 Å². The van der Waals surface area contributed by atoms with Crippen molar-refractivity contribution in [3.05, 3.63) is 0 Å². The second-order valence-electron chi connectivity index (χ2n) is 3.95. The molecule has 14 heavy (non-hydrogen) atoms. The number of halogens is 1. The first-order valence-electron chi connectivity index (χ1n) is 5.16. The zero-order valence-electron chi connectivity index (χ0n) is 8.74. The van der Waals surface area contributed by atoms with Crippen LogP contribution in [0.4, 0.5) is 0 Å². The first-order valence-corrected chi connectivity index (χ1v) is 5.60. The van der Waals surface area contributed by atoms with Crippen molar-refractivity contribution in [1.29, 1.82) is 0 Å². The Morgan fingerprint density at radius 3 is 2.64 bits per heavy atom. The monoisotopic (exact) mass is 219 g/mol. The third kappa shape index (κ3) is 2.61. The number of amides is 1. The van der Waals surface area contributed by atoms with Gasteiger partial charge in [-0.1, -0.05) is 0 Å².